The van der Waals surface area contributed by atoms with Gasteiger partial charge in [-0.3, -0.25) is 0 Å². The highest BCUT2D eigenvalue weighted by Gasteiger charge is 2.27. The van der Waals surface area contributed by atoms with E-state index < -0.39 is 22.3 Å². The molecule has 0 aliphatic heterocycles. The van der Waals surface area contributed by atoms with Crippen LogP contribution in [0.25, 0.3) is 0 Å². The summed E-state index contributed by atoms with van der Waals surface area (Å²) in [5, 5.41) is 0. The van der Waals surface area contributed by atoms with E-state index in [1.54, 1.807) is 6.92 Å². The van der Waals surface area contributed by atoms with E-state index in [2.05, 4.69) is 49.9 Å². The number of ether oxygens (including phenoxy) is 2. The Morgan fingerprint density at radius 2 is 1.57 bits per heavy atom. The zero-order valence-electron chi connectivity index (χ0n) is 13.8. The molecule has 0 aromatic carbocycles. The lowest BCUT2D eigenvalue weighted by atomic mass is 10.5. The van der Waals surface area contributed by atoms with Gasteiger partial charge in [0.05, 0.1) is 13.2 Å². The highest BCUT2D eigenvalue weighted by atomic mass is 28.3. The summed E-state index contributed by atoms with van der Waals surface area (Å²) in [4.78, 5) is 11.1. The van der Waals surface area contributed by atoms with Gasteiger partial charge in [0.2, 0.25) is 0 Å². The molecule has 0 unspecified atom stereocenters. The molecule has 0 aromatic rings. The number of rotatable bonds is 11. The molecule has 0 fully saturated rings. The quantitative estimate of drug-likeness (QED) is 0.308. The van der Waals surface area contributed by atoms with Crippen LogP contribution >= 0.6 is 0 Å². The fourth-order valence-electron chi connectivity index (χ4n) is 2.10. The molecule has 0 aliphatic rings. The van der Waals surface area contributed by atoms with Crippen LogP contribution in [0, 0.1) is 0 Å². The summed E-state index contributed by atoms with van der Waals surface area (Å²) in [6.45, 7) is 19.2. The summed E-state index contributed by atoms with van der Waals surface area (Å²) in [7, 11) is -2.98. The highest BCUT2D eigenvalue weighted by Crippen LogP contribution is 2.26. The zero-order valence-corrected chi connectivity index (χ0v) is 15.8. The van der Waals surface area contributed by atoms with E-state index in [-0.39, 0.29) is 0 Å². The van der Waals surface area contributed by atoms with Crippen molar-refractivity contribution >= 4 is 22.3 Å². The number of hydrogen-bond acceptors (Lipinski definition) is 3. The van der Waals surface area contributed by atoms with E-state index in [0.717, 1.165) is 18.5 Å². The molecule has 0 aliphatic carbocycles. The fourth-order valence-corrected chi connectivity index (χ4v) is 9.00. The molecule has 0 saturated carbocycles. The lowest BCUT2D eigenvalue weighted by molar-refractivity contribution is 0.0591. The third-order valence-electron chi connectivity index (χ3n) is 3.85. The minimum absolute atomic E-state index is 0.358. The number of carbonyl (C=O) groups excluding carboxylic acids is 1. The summed E-state index contributed by atoms with van der Waals surface area (Å²) in [6, 6.07) is 3.51. The summed E-state index contributed by atoms with van der Waals surface area (Å²) in [6.07, 6.45) is 0.344. The van der Waals surface area contributed by atoms with E-state index in [1.165, 1.54) is 6.04 Å². The third kappa shape index (κ3) is 8.07. The van der Waals surface area contributed by atoms with Crippen LogP contribution in [0.3, 0.4) is 0 Å². The fraction of sp³-hybridized carbons (Fsp3) is 0.562. The van der Waals surface area contributed by atoms with Gasteiger partial charge in [0.1, 0.15) is 8.07 Å². The van der Waals surface area contributed by atoms with Gasteiger partial charge in [0.25, 0.3) is 0 Å². The number of carbonyl (C=O) groups is 1. The molecule has 0 spiro atoms. The summed E-state index contributed by atoms with van der Waals surface area (Å²) >= 11 is 0. The molecule has 0 rings (SSSR count). The molecule has 0 aromatic heterocycles. The molecule has 0 amide bonds. The molecule has 0 N–H and O–H groups in total. The van der Waals surface area contributed by atoms with Gasteiger partial charge in [-0.25, -0.2) is 4.79 Å². The predicted octanol–water partition coefficient (Wildman–Crippen LogP) is 4.88. The van der Waals surface area contributed by atoms with Crippen molar-refractivity contribution in [2.45, 2.75) is 44.6 Å². The van der Waals surface area contributed by atoms with Gasteiger partial charge in [0, 0.05) is 8.07 Å². The first-order valence-corrected chi connectivity index (χ1v) is 13.4. The molecular weight excluding hydrogens is 296 g/mol. The second kappa shape index (κ2) is 9.79. The van der Waals surface area contributed by atoms with E-state index >= 15 is 0 Å². The highest BCUT2D eigenvalue weighted by molar-refractivity contribution is 6.94. The zero-order chi connectivity index (χ0) is 16.4. The van der Waals surface area contributed by atoms with E-state index in [1.807, 2.05) is 0 Å². The van der Waals surface area contributed by atoms with Gasteiger partial charge in [-0.05, 0) is 19.4 Å². The van der Waals surface area contributed by atoms with Crippen molar-refractivity contribution in [3.63, 3.8) is 0 Å². The monoisotopic (exact) mass is 326 g/mol. The van der Waals surface area contributed by atoms with Gasteiger partial charge >= 0.3 is 6.16 Å². The maximum absolute atomic E-state index is 11.1. The lowest BCUT2D eigenvalue weighted by Crippen LogP contribution is -2.33. The van der Waals surface area contributed by atoms with Crippen LogP contribution < -0.4 is 0 Å². The Morgan fingerprint density at radius 1 is 1.00 bits per heavy atom. The van der Waals surface area contributed by atoms with Gasteiger partial charge in [-0.1, -0.05) is 42.3 Å². The van der Waals surface area contributed by atoms with E-state index in [4.69, 9.17) is 9.47 Å². The molecule has 0 atom stereocenters. The largest absolute Gasteiger partial charge is 0.508 e. The minimum Gasteiger partial charge on any atom is -0.435 e. The second-order valence-electron chi connectivity index (χ2n) is 6.02. The summed E-state index contributed by atoms with van der Waals surface area (Å²) in [5.41, 5.74) is 6.17. The molecule has 120 valence electrons. The summed E-state index contributed by atoms with van der Waals surface area (Å²) < 4.78 is 9.74. The van der Waals surface area contributed by atoms with Crippen molar-refractivity contribution in [1.82, 2.24) is 0 Å². The van der Waals surface area contributed by atoms with Crippen LogP contribution in [0.1, 0.15) is 13.3 Å². The predicted molar refractivity (Wildman–Crippen MR) is 95.8 cm³/mol. The first kappa shape index (κ1) is 19.9. The standard InChI is InChI=1S/C16H30O3Si2/c1-7-18-16(17)19-12-11-13-20(5,6)14-15-21(8-2,9-3)10-4/h8-10H,2-4,7,11-15H2,1,5-6H3. The van der Waals surface area contributed by atoms with Crippen LogP contribution in [-0.2, 0) is 9.47 Å². The Hall–Kier alpha value is -1.08. The normalized spacial score (nSPS) is 11.6. The molecule has 0 bridgehead atoms. The van der Waals surface area contributed by atoms with Crippen LogP contribution in [0.4, 0.5) is 4.79 Å². The van der Waals surface area contributed by atoms with Crippen LogP contribution in [-0.4, -0.2) is 35.5 Å². The SMILES string of the molecule is C=C[Si](C=C)(C=C)CC[Si](C)(C)CCCOC(=O)OCC. The molecular formula is C16H30O3Si2. The molecule has 3 nitrogen and oxygen atoms in total. The Balaban J connectivity index is 4.14. The molecule has 0 saturated heterocycles. The Labute approximate surface area is 131 Å². The Morgan fingerprint density at radius 3 is 2.05 bits per heavy atom. The van der Waals surface area contributed by atoms with Crippen molar-refractivity contribution in [2.24, 2.45) is 0 Å². The minimum atomic E-state index is -1.68. The van der Waals surface area contributed by atoms with Gasteiger partial charge in [-0.2, -0.15) is 0 Å². The average Bonchev–Trinajstić information content (AvgIpc) is 2.46. The third-order valence-corrected chi connectivity index (χ3v) is 11.1. The molecule has 5 heteroatoms. The van der Waals surface area contributed by atoms with Gasteiger partial charge in [0.15, 0.2) is 0 Å². The smallest absolute Gasteiger partial charge is 0.435 e. The van der Waals surface area contributed by atoms with Crippen molar-refractivity contribution in [1.29, 1.82) is 0 Å². The first-order chi connectivity index (χ1) is 9.84. The van der Waals surface area contributed by atoms with Gasteiger partial charge in [-0.15, -0.1) is 19.7 Å². The van der Waals surface area contributed by atoms with E-state index in [0.29, 0.717) is 13.2 Å². The Kier molecular flexibility index (Phi) is 9.29. The van der Waals surface area contributed by atoms with Crippen molar-refractivity contribution in [2.75, 3.05) is 13.2 Å². The van der Waals surface area contributed by atoms with Crippen LogP contribution in [0.15, 0.2) is 36.8 Å². The second-order valence-corrected chi connectivity index (χ2v) is 15.3. The van der Waals surface area contributed by atoms with Gasteiger partial charge < -0.3 is 9.47 Å². The molecule has 0 radical (unpaired) electrons. The van der Waals surface area contributed by atoms with Crippen molar-refractivity contribution in [3.8, 4) is 0 Å². The first-order valence-electron chi connectivity index (χ1n) is 7.55. The number of hydrogen-bond donors (Lipinski definition) is 0. The molecule has 21 heavy (non-hydrogen) atoms. The maximum Gasteiger partial charge on any atom is 0.508 e. The topological polar surface area (TPSA) is 35.5 Å². The average molecular weight is 327 g/mol. The van der Waals surface area contributed by atoms with Crippen LogP contribution in [0.2, 0.25) is 31.2 Å². The summed E-state index contributed by atoms with van der Waals surface area (Å²) in [5.74, 6) is 0. The van der Waals surface area contributed by atoms with Crippen LogP contribution in [0.5, 0.6) is 0 Å². The van der Waals surface area contributed by atoms with E-state index in [9.17, 15) is 4.79 Å². The van der Waals surface area contributed by atoms with Crippen molar-refractivity contribution < 1.29 is 14.3 Å². The maximum atomic E-state index is 11.1. The molecule has 0 heterocycles. The van der Waals surface area contributed by atoms with Crippen molar-refractivity contribution in [3.05, 3.63) is 36.8 Å². The lowest BCUT2D eigenvalue weighted by Gasteiger charge is -2.27. The Bertz CT molecular complexity index is 343.